The largest absolute Gasteiger partial charge is 0.532 e. The van der Waals surface area contributed by atoms with E-state index in [1.807, 2.05) is 13.0 Å². The zero-order valence-electron chi connectivity index (χ0n) is 10.7. The van der Waals surface area contributed by atoms with E-state index in [-0.39, 0.29) is 19.2 Å². The first-order valence-electron chi connectivity index (χ1n) is 5.72. The van der Waals surface area contributed by atoms with E-state index in [1.54, 1.807) is 20.8 Å². The van der Waals surface area contributed by atoms with Crippen molar-refractivity contribution in [3.63, 3.8) is 0 Å². The van der Waals surface area contributed by atoms with Crippen LogP contribution in [0.1, 0.15) is 32.1 Å². The lowest BCUT2D eigenvalue weighted by Crippen LogP contribution is -2.02. The van der Waals surface area contributed by atoms with Gasteiger partial charge in [-0.2, -0.15) is 0 Å². The zero-order valence-corrected chi connectivity index (χ0v) is 11.6. The highest BCUT2D eigenvalue weighted by Gasteiger charge is 2.30. The van der Waals surface area contributed by atoms with Crippen LogP contribution in [0.25, 0.3) is 0 Å². The third-order valence-corrected chi connectivity index (χ3v) is 3.58. The minimum absolute atomic E-state index is 0.218. The van der Waals surface area contributed by atoms with Gasteiger partial charge in [0, 0.05) is 5.56 Å². The molecule has 0 aliphatic rings. The summed E-state index contributed by atoms with van der Waals surface area (Å²) in [6.45, 7) is 7.71. The average molecular weight is 262 g/mol. The summed E-state index contributed by atoms with van der Waals surface area (Å²) in [6, 6.07) is 1.84. The van der Waals surface area contributed by atoms with E-state index in [4.69, 9.17) is 18.0 Å². The molecule has 0 aliphatic heterocycles. The van der Waals surface area contributed by atoms with Gasteiger partial charge in [0.25, 0.3) is 5.95 Å². The Kier molecular flexibility index (Phi) is 5.25. The van der Waals surface area contributed by atoms with Crippen molar-refractivity contribution >= 4 is 7.82 Å². The van der Waals surface area contributed by atoms with Gasteiger partial charge in [0.05, 0.1) is 13.2 Å². The van der Waals surface area contributed by atoms with Gasteiger partial charge in [0.1, 0.15) is 5.76 Å². The number of hydrogen-bond donors (Lipinski definition) is 0. The Morgan fingerprint density at radius 2 is 1.82 bits per heavy atom. The van der Waals surface area contributed by atoms with E-state index >= 15 is 0 Å². The summed E-state index contributed by atoms with van der Waals surface area (Å²) < 4.78 is 32.8. The maximum Gasteiger partial charge on any atom is 0.532 e. The van der Waals surface area contributed by atoms with Gasteiger partial charge >= 0.3 is 7.82 Å². The van der Waals surface area contributed by atoms with E-state index in [1.165, 1.54) is 0 Å². The summed E-state index contributed by atoms with van der Waals surface area (Å²) in [6.07, 6.45) is 0.727. The second-order valence-electron chi connectivity index (χ2n) is 3.40. The molecule has 0 bridgehead atoms. The molecule has 0 radical (unpaired) electrons. The van der Waals surface area contributed by atoms with Crippen molar-refractivity contribution in [3.8, 4) is 5.95 Å². The predicted octanol–water partition coefficient (Wildman–Crippen LogP) is 3.71. The van der Waals surface area contributed by atoms with Gasteiger partial charge in [0.15, 0.2) is 0 Å². The lowest BCUT2D eigenvalue weighted by Gasteiger charge is -2.15. The Bertz CT molecular complexity index is 389. The molecule has 5 nitrogen and oxygen atoms in total. The number of phosphoric ester groups is 1. The van der Waals surface area contributed by atoms with E-state index in [9.17, 15) is 4.57 Å². The number of hydrogen-bond acceptors (Lipinski definition) is 5. The first kappa shape index (κ1) is 14.3. The Balaban J connectivity index is 2.88. The first-order chi connectivity index (χ1) is 8.04. The molecule has 6 heteroatoms. The molecule has 17 heavy (non-hydrogen) atoms. The van der Waals surface area contributed by atoms with Crippen LogP contribution >= 0.6 is 7.82 Å². The molecule has 1 aromatic heterocycles. The molecular formula is C11H19O5P. The molecule has 98 valence electrons. The molecule has 1 aromatic rings. The van der Waals surface area contributed by atoms with Crippen LogP contribution in [0.3, 0.4) is 0 Å². The molecule has 0 aliphatic carbocycles. The lowest BCUT2D eigenvalue weighted by molar-refractivity contribution is 0.156. The van der Waals surface area contributed by atoms with Crippen molar-refractivity contribution in [1.82, 2.24) is 0 Å². The molecule has 0 fully saturated rings. The fraction of sp³-hybridized carbons (Fsp3) is 0.636. The molecule has 0 saturated heterocycles. The maximum absolute atomic E-state index is 12.1. The standard InChI is InChI=1S/C11H19O5P/c1-5-10-8-9(4)15-11(10)16-17(12,13-6-2)14-7-3/h8H,5-7H2,1-4H3. The molecule has 0 unspecified atom stereocenters. The SMILES string of the molecule is CCOP(=O)(OCC)Oc1oc(C)cc1CC. The number of furan rings is 1. The quantitative estimate of drug-likeness (QED) is 0.701. The van der Waals surface area contributed by atoms with Gasteiger partial charge < -0.3 is 8.94 Å². The fourth-order valence-electron chi connectivity index (χ4n) is 1.38. The number of rotatable bonds is 7. The summed E-state index contributed by atoms with van der Waals surface area (Å²) in [5.74, 6) is 0.923. The third-order valence-electron chi connectivity index (χ3n) is 2.04. The molecule has 0 amide bonds. The highest BCUT2D eigenvalue weighted by molar-refractivity contribution is 7.48. The van der Waals surface area contributed by atoms with Crippen molar-refractivity contribution in [2.45, 2.75) is 34.1 Å². The Morgan fingerprint density at radius 3 is 2.29 bits per heavy atom. The van der Waals surface area contributed by atoms with Crippen molar-refractivity contribution in [2.75, 3.05) is 13.2 Å². The van der Waals surface area contributed by atoms with Crippen LogP contribution < -0.4 is 4.52 Å². The van der Waals surface area contributed by atoms with Crippen LogP contribution in [0.5, 0.6) is 5.95 Å². The fourth-order valence-corrected chi connectivity index (χ4v) is 2.55. The molecule has 0 N–H and O–H groups in total. The normalized spacial score (nSPS) is 11.8. The summed E-state index contributed by atoms with van der Waals surface area (Å²) >= 11 is 0. The summed E-state index contributed by atoms with van der Waals surface area (Å²) in [5.41, 5.74) is 0.849. The average Bonchev–Trinajstić information content (AvgIpc) is 2.58. The van der Waals surface area contributed by atoms with Gasteiger partial charge in [-0.1, -0.05) is 6.92 Å². The van der Waals surface area contributed by atoms with Crippen molar-refractivity contribution < 1.29 is 22.6 Å². The van der Waals surface area contributed by atoms with Crippen molar-refractivity contribution in [3.05, 3.63) is 17.4 Å². The van der Waals surface area contributed by atoms with Crippen LogP contribution in [0.4, 0.5) is 0 Å². The second-order valence-corrected chi connectivity index (χ2v) is 4.99. The third kappa shape index (κ3) is 3.87. The monoisotopic (exact) mass is 262 g/mol. The summed E-state index contributed by atoms with van der Waals surface area (Å²) in [5, 5.41) is 0. The smallest absolute Gasteiger partial charge is 0.431 e. The number of phosphoric acid groups is 1. The second kappa shape index (κ2) is 6.24. The Hall–Kier alpha value is -0.770. The van der Waals surface area contributed by atoms with E-state index in [0.717, 1.165) is 12.0 Å². The van der Waals surface area contributed by atoms with Gasteiger partial charge in [-0.05, 0) is 33.3 Å². The minimum atomic E-state index is -3.56. The zero-order chi connectivity index (χ0) is 12.9. The van der Waals surface area contributed by atoms with Gasteiger partial charge in [-0.25, -0.2) is 4.57 Å². The highest BCUT2D eigenvalue weighted by Crippen LogP contribution is 2.50. The van der Waals surface area contributed by atoms with Gasteiger partial charge in [-0.15, -0.1) is 0 Å². The Labute approximate surface area is 102 Å². The van der Waals surface area contributed by atoms with Crippen LogP contribution in [-0.2, 0) is 20.0 Å². The highest BCUT2D eigenvalue weighted by atomic mass is 31.2. The van der Waals surface area contributed by atoms with Crippen molar-refractivity contribution in [2.24, 2.45) is 0 Å². The van der Waals surface area contributed by atoms with Crippen LogP contribution in [-0.4, -0.2) is 13.2 Å². The molecule has 0 aromatic carbocycles. The van der Waals surface area contributed by atoms with Crippen LogP contribution in [0.2, 0.25) is 0 Å². The lowest BCUT2D eigenvalue weighted by atomic mass is 10.2. The summed E-state index contributed by atoms with van der Waals surface area (Å²) in [7, 11) is -3.56. The number of aryl methyl sites for hydroxylation is 2. The van der Waals surface area contributed by atoms with E-state index < -0.39 is 7.82 Å². The van der Waals surface area contributed by atoms with E-state index in [0.29, 0.717) is 5.76 Å². The summed E-state index contributed by atoms with van der Waals surface area (Å²) in [4.78, 5) is 0. The van der Waals surface area contributed by atoms with Gasteiger partial charge in [0.2, 0.25) is 0 Å². The molecule has 1 heterocycles. The van der Waals surface area contributed by atoms with Crippen molar-refractivity contribution in [1.29, 1.82) is 0 Å². The van der Waals surface area contributed by atoms with E-state index in [2.05, 4.69) is 0 Å². The minimum Gasteiger partial charge on any atom is -0.431 e. The molecular weight excluding hydrogens is 243 g/mol. The van der Waals surface area contributed by atoms with Crippen LogP contribution in [0.15, 0.2) is 10.5 Å². The van der Waals surface area contributed by atoms with Crippen LogP contribution in [0, 0.1) is 6.92 Å². The molecule has 0 spiro atoms. The molecule has 1 rings (SSSR count). The maximum atomic E-state index is 12.1. The Morgan fingerprint density at radius 1 is 1.24 bits per heavy atom. The first-order valence-corrected chi connectivity index (χ1v) is 7.18. The predicted molar refractivity (Wildman–Crippen MR) is 64.3 cm³/mol. The molecule has 0 atom stereocenters. The van der Waals surface area contributed by atoms with Gasteiger partial charge in [-0.3, -0.25) is 9.05 Å². The molecule has 0 saturated carbocycles. The topological polar surface area (TPSA) is 57.9 Å².